The zero-order chi connectivity index (χ0) is 23.0. The minimum absolute atomic E-state index is 0.253. The van der Waals surface area contributed by atoms with Crippen LogP contribution >= 0.6 is 0 Å². The Bertz CT molecular complexity index is 884. The molecule has 2 aromatic rings. The highest BCUT2D eigenvalue weighted by Crippen LogP contribution is 2.31. The van der Waals surface area contributed by atoms with Gasteiger partial charge in [0.1, 0.15) is 8.07 Å². The first kappa shape index (κ1) is 24.3. The average Bonchev–Trinajstić information content (AvgIpc) is 2.80. The van der Waals surface area contributed by atoms with E-state index in [1.54, 1.807) is 0 Å². The summed E-state index contributed by atoms with van der Waals surface area (Å²) >= 11 is 0. The molecule has 0 saturated heterocycles. The highest BCUT2D eigenvalue weighted by molar-refractivity contribution is 6.83. The van der Waals surface area contributed by atoms with E-state index in [0.29, 0.717) is 5.92 Å². The van der Waals surface area contributed by atoms with Gasteiger partial charge in [0.05, 0.1) is 6.04 Å². The highest BCUT2D eigenvalue weighted by Gasteiger charge is 2.29. The van der Waals surface area contributed by atoms with E-state index in [-0.39, 0.29) is 6.04 Å². The van der Waals surface area contributed by atoms with E-state index in [1.807, 2.05) is 0 Å². The summed E-state index contributed by atoms with van der Waals surface area (Å²) in [5.74, 6) is 4.42. The van der Waals surface area contributed by atoms with Crippen LogP contribution in [0.25, 0.3) is 11.1 Å². The second-order valence-corrected chi connectivity index (χ2v) is 15.0. The lowest BCUT2D eigenvalue weighted by Crippen LogP contribution is -2.42. The van der Waals surface area contributed by atoms with Gasteiger partial charge in [-0.2, -0.15) is 0 Å². The molecule has 1 atom stereocenters. The van der Waals surface area contributed by atoms with E-state index in [4.69, 9.17) is 0 Å². The second kappa shape index (κ2) is 11.5. The van der Waals surface area contributed by atoms with Gasteiger partial charge in [-0.1, -0.05) is 119 Å². The van der Waals surface area contributed by atoms with Crippen LogP contribution in [0.4, 0.5) is 0 Å². The van der Waals surface area contributed by atoms with Crippen molar-refractivity contribution in [3.05, 3.63) is 84.9 Å². The monoisotopic (exact) mass is 441 g/mol. The predicted octanol–water partition coefficient (Wildman–Crippen LogP) is 7.54. The van der Waals surface area contributed by atoms with Crippen molar-refractivity contribution in [3.8, 4) is 11.5 Å². The van der Waals surface area contributed by atoms with Crippen LogP contribution in [0.5, 0.6) is 0 Å². The minimum atomic E-state index is -1.47. The van der Waals surface area contributed by atoms with Gasteiger partial charge in [0.15, 0.2) is 0 Å². The van der Waals surface area contributed by atoms with Gasteiger partial charge in [-0.3, -0.25) is 4.90 Å². The van der Waals surface area contributed by atoms with Gasteiger partial charge in [0, 0.05) is 13.1 Å². The molecule has 1 fully saturated rings. The number of nitrogens with zero attached hydrogens (tertiary/aromatic N) is 1. The molecule has 1 saturated carbocycles. The Morgan fingerprint density at radius 3 is 1.75 bits per heavy atom. The quantitative estimate of drug-likeness (QED) is 0.302. The molecule has 32 heavy (non-hydrogen) atoms. The third kappa shape index (κ3) is 7.36. The molecule has 0 radical (unpaired) electrons. The third-order valence-electron chi connectivity index (χ3n) is 6.24. The summed E-state index contributed by atoms with van der Waals surface area (Å²) in [7, 11) is -1.47. The molecule has 3 rings (SSSR count). The lowest BCUT2D eigenvalue weighted by Gasteiger charge is -2.37. The lowest BCUT2D eigenvalue weighted by molar-refractivity contribution is 0.188. The molecular formula is C30H39NSi. The molecule has 0 N–H and O–H groups in total. The van der Waals surface area contributed by atoms with Crippen molar-refractivity contribution < 1.29 is 0 Å². The second-order valence-electron chi connectivity index (χ2n) is 10.2. The first-order chi connectivity index (χ1) is 15.3. The molecule has 0 aromatic heterocycles. The fraction of sp³-hybridized carbons (Fsp3) is 0.400. The van der Waals surface area contributed by atoms with Crippen molar-refractivity contribution in [1.82, 2.24) is 4.90 Å². The molecule has 0 heterocycles. The van der Waals surface area contributed by atoms with Crippen molar-refractivity contribution in [2.24, 2.45) is 5.92 Å². The van der Waals surface area contributed by atoms with E-state index in [0.717, 1.165) is 24.2 Å². The summed E-state index contributed by atoms with van der Waals surface area (Å²) in [4.78, 5) is 2.56. The van der Waals surface area contributed by atoms with Crippen LogP contribution in [0.2, 0.25) is 19.6 Å². The predicted molar refractivity (Wildman–Crippen MR) is 144 cm³/mol. The lowest BCUT2D eigenvalue weighted by atomic mass is 9.83. The Morgan fingerprint density at radius 1 is 0.844 bits per heavy atom. The fourth-order valence-corrected chi connectivity index (χ4v) is 5.10. The van der Waals surface area contributed by atoms with Gasteiger partial charge < -0.3 is 0 Å². The Hall–Kier alpha value is -2.34. The van der Waals surface area contributed by atoms with Gasteiger partial charge in [0.2, 0.25) is 0 Å². The number of hydrogen-bond donors (Lipinski definition) is 0. The first-order valence-corrected chi connectivity index (χ1v) is 15.6. The summed E-state index contributed by atoms with van der Waals surface area (Å²) < 4.78 is 0. The molecular weight excluding hydrogens is 402 g/mol. The van der Waals surface area contributed by atoms with Gasteiger partial charge in [0.25, 0.3) is 0 Å². The summed E-state index contributed by atoms with van der Waals surface area (Å²) in [5.41, 5.74) is 8.45. The molecule has 2 aromatic carbocycles. The molecule has 0 spiro atoms. The highest BCUT2D eigenvalue weighted by atomic mass is 28.3. The third-order valence-corrected chi connectivity index (χ3v) is 7.13. The van der Waals surface area contributed by atoms with Crippen LogP contribution in [-0.4, -0.2) is 32.1 Å². The summed E-state index contributed by atoms with van der Waals surface area (Å²) in [5, 5.41) is 0. The zero-order valence-electron chi connectivity index (χ0n) is 20.2. The van der Waals surface area contributed by atoms with Gasteiger partial charge in [-0.05, 0) is 41.0 Å². The average molecular weight is 442 g/mol. The topological polar surface area (TPSA) is 3.24 Å². The van der Waals surface area contributed by atoms with Crippen molar-refractivity contribution in [1.29, 1.82) is 0 Å². The van der Waals surface area contributed by atoms with Crippen LogP contribution < -0.4 is 0 Å². The minimum Gasteiger partial charge on any atom is -0.281 e. The van der Waals surface area contributed by atoms with E-state index in [9.17, 15) is 0 Å². The zero-order valence-corrected chi connectivity index (χ0v) is 21.2. The van der Waals surface area contributed by atoms with E-state index >= 15 is 0 Å². The van der Waals surface area contributed by atoms with Crippen molar-refractivity contribution in [2.75, 3.05) is 13.1 Å². The summed E-state index contributed by atoms with van der Waals surface area (Å²) in [6.07, 6.45) is 6.55. The van der Waals surface area contributed by atoms with Crippen LogP contribution in [0, 0.1) is 17.4 Å². The Morgan fingerprint density at radius 2 is 1.31 bits per heavy atom. The van der Waals surface area contributed by atoms with Gasteiger partial charge >= 0.3 is 0 Å². The standard InChI is InChI=1S/C30H39NSi/c1-25(27-15-9-6-10-16-27)23-31(24-26(2)28-17-11-7-12-18-28)30(21-22-32(3,4)5)29-19-13-8-14-20-29/h6-7,9-12,15-18,29-30H,1-2,8,13-14,19-20,23-24H2,3-5H3/t30-/m0/s1. The van der Waals surface area contributed by atoms with Crippen molar-refractivity contribution in [3.63, 3.8) is 0 Å². The van der Waals surface area contributed by atoms with Crippen LogP contribution in [0.1, 0.15) is 43.2 Å². The van der Waals surface area contributed by atoms with Gasteiger partial charge in [-0.15, -0.1) is 5.54 Å². The molecule has 1 aliphatic rings. The van der Waals surface area contributed by atoms with Crippen LogP contribution in [0.15, 0.2) is 73.8 Å². The number of hydrogen-bond acceptors (Lipinski definition) is 1. The molecule has 168 valence electrons. The SMILES string of the molecule is C=C(CN(CC(=C)c1ccccc1)[C@@H](C#C[Si](C)(C)C)C1CCCCC1)c1ccccc1. The van der Waals surface area contributed by atoms with E-state index in [2.05, 4.69) is 110 Å². The number of benzene rings is 2. The molecule has 0 bridgehead atoms. The molecule has 0 aliphatic heterocycles. The Kier molecular flexibility index (Phi) is 8.73. The Labute approximate surface area is 197 Å². The van der Waals surface area contributed by atoms with Crippen LogP contribution in [0.3, 0.4) is 0 Å². The maximum atomic E-state index is 4.47. The number of rotatable bonds is 8. The van der Waals surface area contributed by atoms with Crippen LogP contribution in [-0.2, 0) is 0 Å². The maximum absolute atomic E-state index is 4.47. The summed E-state index contributed by atoms with van der Waals surface area (Å²) in [6.45, 7) is 17.6. The van der Waals surface area contributed by atoms with E-state index < -0.39 is 8.07 Å². The largest absolute Gasteiger partial charge is 0.281 e. The van der Waals surface area contributed by atoms with Crippen molar-refractivity contribution >= 4 is 19.2 Å². The van der Waals surface area contributed by atoms with E-state index in [1.165, 1.54) is 43.2 Å². The van der Waals surface area contributed by atoms with Gasteiger partial charge in [-0.25, -0.2) is 0 Å². The maximum Gasteiger partial charge on any atom is 0.129 e. The van der Waals surface area contributed by atoms with Crippen molar-refractivity contribution in [2.45, 2.75) is 57.8 Å². The normalized spacial score (nSPS) is 15.6. The summed E-state index contributed by atoms with van der Waals surface area (Å²) in [6, 6.07) is 21.4. The molecule has 1 aliphatic carbocycles. The molecule has 0 amide bonds. The molecule has 1 nitrogen and oxygen atoms in total. The molecule has 2 heteroatoms. The smallest absolute Gasteiger partial charge is 0.129 e. The fourth-order valence-electron chi connectivity index (χ4n) is 4.52. The molecule has 0 unspecified atom stereocenters. The first-order valence-electron chi connectivity index (χ1n) is 12.1. The Balaban J connectivity index is 1.92.